The van der Waals surface area contributed by atoms with E-state index < -0.39 is 5.91 Å². The second-order valence-electron chi connectivity index (χ2n) is 3.17. The molecular formula is C11H14N2O4. The number of nitrogens with one attached hydrogen (secondary N) is 2. The predicted octanol–water partition coefficient (Wildman–Crippen LogP) is 0.241. The molecule has 0 saturated carbocycles. The molecule has 6 nitrogen and oxygen atoms in total. The van der Waals surface area contributed by atoms with Gasteiger partial charge in [-0.2, -0.15) is 0 Å². The van der Waals surface area contributed by atoms with E-state index in [4.69, 9.17) is 9.47 Å². The lowest BCUT2D eigenvalue weighted by Crippen LogP contribution is -2.42. The van der Waals surface area contributed by atoms with Crippen LogP contribution in [0.2, 0.25) is 0 Å². The molecule has 0 aliphatic carbocycles. The van der Waals surface area contributed by atoms with Gasteiger partial charge < -0.3 is 9.47 Å². The molecule has 2 amide bonds. The smallest absolute Gasteiger partial charge is 0.276 e. The Morgan fingerprint density at radius 1 is 1.18 bits per heavy atom. The van der Waals surface area contributed by atoms with E-state index in [0.717, 1.165) is 0 Å². The predicted molar refractivity (Wildman–Crippen MR) is 60.4 cm³/mol. The fraction of sp³-hybridized carbons (Fsp3) is 0.273. The molecule has 2 N–H and O–H groups in total. The molecule has 0 fully saturated rings. The minimum absolute atomic E-state index is 0.208. The first-order valence-corrected chi connectivity index (χ1v) is 4.94. The molecule has 92 valence electrons. The van der Waals surface area contributed by atoms with Crippen LogP contribution in [0.4, 0.5) is 0 Å². The fourth-order valence-electron chi connectivity index (χ4n) is 1.08. The van der Waals surface area contributed by atoms with Crippen molar-refractivity contribution in [2.45, 2.75) is 6.92 Å². The van der Waals surface area contributed by atoms with Crippen LogP contribution in [0.25, 0.3) is 0 Å². The van der Waals surface area contributed by atoms with Gasteiger partial charge in [-0.25, -0.2) is 0 Å². The Morgan fingerprint density at radius 3 is 2.41 bits per heavy atom. The Kier molecular flexibility index (Phi) is 4.80. The Labute approximate surface area is 98.9 Å². The maximum atomic E-state index is 11.2. The summed E-state index contributed by atoms with van der Waals surface area (Å²) in [5.41, 5.74) is 4.35. The van der Waals surface area contributed by atoms with Crippen LogP contribution in [0.1, 0.15) is 6.92 Å². The topological polar surface area (TPSA) is 76.7 Å². The van der Waals surface area contributed by atoms with E-state index in [1.54, 1.807) is 24.3 Å². The third kappa shape index (κ3) is 4.42. The summed E-state index contributed by atoms with van der Waals surface area (Å²) in [5.74, 6) is 0.203. The highest BCUT2D eigenvalue weighted by Gasteiger charge is 2.06. The number of hydrazine groups is 1. The lowest BCUT2D eigenvalue weighted by Gasteiger charge is -2.10. The maximum Gasteiger partial charge on any atom is 0.276 e. The van der Waals surface area contributed by atoms with Gasteiger partial charge in [-0.15, -0.1) is 0 Å². The molecule has 0 aliphatic heterocycles. The highest BCUT2D eigenvalue weighted by atomic mass is 16.5. The molecule has 1 aromatic rings. The summed E-state index contributed by atoms with van der Waals surface area (Å²) >= 11 is 0. The highest BCUT2D eigenvalue weighted by Crippen LogP contribution is 2.25. The molecule has 0 saturated heterocycles. The van der Waals surface area contributed by atoms with Crippen LogP contribution < -0.4 is 20.3 Å². The van der Waals surface area contributed by atoms with E-state index in [0.29, 0.717) is 11.5 Å². The quantitative estimate of drug-likeness (QED) is 0.737. The number of rotatable bonds is 4. The van der Waals surface area contributed by atoms with Gasteiger partial charge in [0.25, 0.3) is 5.91 Å². The van der Waals surface area contributed by atoms with Crippen LogP contribution in [0, 0.1) is 0 Å². The van der Waals surface area contributed by atoms with E-state index in [1.165, 1.54) is 14.0 Å². The number of ether oxygens (including phenoxy) is 2. The molecule has 0 spiro atoms. The molecule has 0 aromatic heterocycles. The number of methoxy groups -OCH3 is 1. The Balaban J connectivity index is 2.44. The van der Waals surface area contributed by atoms with E-state index in [9.17, 15) is 9.59 Å². The molecule has 0 unspecified atom stereocenters. The van der Waals surface area contributed by atoms with Gasteiger partial charge in [0.2, 0.25) is 5.91 Å². The van der Waals surface area contributed by atoms with Gasteiger partial charge in [0.05, 0.1) is 7.11 Å². The first kappa shape index (κ1) is 12.8. The van der Waals surface area contributed by atoms with E-state index in [2.05, 4.69) is 10.9 Å². The lowest BCUT2D eigenvalue weighted by atomic mass is 10.3. The van der Waals surface area contributed by atoms with Crippen molar-refractivity contribution in [2.24, 2.45) is 0 Å². The number of benzene rings is 1. The van der Waals surface area contributed by atoms with Gasteiger partial charge in [-0.05, 0) is 12.1 Å². The number of amides is 2. The number of para-hydroxylation sites is 2. The van der Waals surface area contributed by atoms with Gasteiger partial charge in [0, 0.05) is 6.92 Å². The maximum absolute atomic E-state index is 11.2. The van der Waals surface area contributed by atoms with Crippen LogP contribution in [0.15, 0.2) is 24.3 Å². The van der Waals surface area contributed by atoms with Gasteiger partial charge in [-0.3, -0.25) is 20.4 Å². The monoisotopic (exact) mass is 238 g/mol. The fourth-order valence-corrected chi connectivity index (χ4v) is 1.08. The normalized spacial score (nSPS) is 9.29. The standard InChI is InChI=1S/C11H14N2O4/c1-8(14)12-13-11(15)7-17-10-6-4-3-5-9(10)16-2/h3-6H,7H2,1-2H3,(H,12,14)(H,13,15). The summed E-state index contributed by atoms with van der Waals surface area (Å²) in [6.45, 7) is 1.09. The zero-order chi connectivity index (χ0) is 12.7. The van der Waals surface area contributed by atoms with Crippen LogP contribution in [0.5, 0.6) is 11.5 Å². The molecule has 1 rings (SSSR count). The first-order chi connectivity index (χ1) is 8.13. The molecular weight excluding hydrogens is 224 g/mol. The molecule has 6 heteroatoms. The number of carbonyl (C=O) groups excluding carboxylic acids is 2. The van der Waals surface area contributed by atoms with E-state index in [1.807, 2.05) is 0 Å². The lowest BCUT2D eigenvalue weighted by molar-refractivity contribution is -0.129. The number of carbonyl (C=O) groups is 2. The molecule has 0 heterocycles. The molecule has 0 aliphatic rings. The Hall–Kier alpha value is -2.24. The molecule has 0 atom stereocenters. The van der Waals surface area contributed by atoms with Crippen LogP contribution >= 0.6 is 0 Å². The molecule has 0 radical (unpaired) electrons. The van der Waals surface area contributed by atoms with Gasteiger partial charge in [0.15, 0.2) is 18.1 Å². The van der Waals surface area contributed by atoms with Crippen molar-refractivity contribution in [2.75, 3.05) is 13.7 Å². The third-order valence-electron chi connectivity index (χ3n) is 1.81. The third-order valence-corrected chi connectivity index (χ3v) is 1.81. The summed E-state index contributed by atoms with van der Waals surface area (Å²) in [4.78, 5) is 21.8. The van der Waals surface area contributed by atoms with Crippen LogP contribution in [-0.4, -0.2) is 25.5 Å². The van der Waals surface area contributed by atoms with Crippen LogP contribution in [-0.2, 0) is 9.59 Å². The van der Waals surface area contributed by atoms with Gasteiger partial charge in [0.1, 0.15) is 0 Å². The van der Waals surface area contributed by atoms with Crippen molar-refractivity contribution in [1.29, 1.82) is 0 Å². The van der Waals surface area contributed by atoms with Crippen molar-refractivity contribution in [3.05, 3.63) is 24.3 Å². The summed E-state index contributed by atoms with van der Waals surface area (Å²) < 4.78 is 10.3. The largest absolute Gasteiger partial charge is 0.493 e. The number of hydrogen-bond acceptors (Lipinski definition) is 4. The minimum Gasteiger partial charge on any atom is -0.493 e. The van der Waals surface area contributed by atoms with Crippen molar-refractivity contribution in [3.8, 4) is 11.5 Å². The van der Waals surface area contributed by atoms with Crippen molar-refractivity contribution >= 4 is 11.8 Å². The first-order valence-electron chi connectivity index (χ1n) is 4.94. The van der Waals surface area contributed by atoms with Crippen molar-refractivity contribution in [3.63, 3.8) is 0 Å². The molecule has 17 heavy (non-hydrogen) atoms. The second kappa shape index (κ2) is 6.37. The van der Waals surface area contributed by atoms with Gasteiger partial charge >= 0.3 is 0 Å². The Bertz CT molecular complexity index is 406. The van der Waals surface area contributed by atoms with Gasteiger partial charge in [-0.1, -0.05) is 12.1 Å². The average molecular weight is 238 g/mol. The second-order valence-corrected chi connectivity index (χ2v) is 3.17. The van der Waals surface area contributed by atoms with Crippen molar-refractivity contribution in [1.82, 2.24) is 10.9 Å². The van der Waals surface area contributed by atoms with Crippen molar-refractivity contribution < 1.29 is 19.1 Å². The zero-order valence-corrected chi connectivity index (χ0v) is 9.65. The number of hydrogen-bond donors (Lipinski definition) is 2. The zero-order valence-electron chi connectivity index (χ0n) is 9.65. The molecule has 0 bridgehead atoms. The Morgan fingerprint density at radius 2 is 1.82 bits per heavy atom. The van der Waals surface area contributed by atoms with E-state index in [-0.39, 0.29) is 12.5 Å². The van der Waals surface area contributed by atoms with E-state index >= 15 is 0 Å². The summed E-state index contributed by atoms with van der Waals surface area (Å²) in [7, 11) is 1.51. The summed E-state index contributed by atoms with van der Waals surface area (Å²) in [5, 5.41) is 0. The highest BCUT2D eigenvalue weighted by molar-refractivity contribution is 5.81. The average Bonchev–Trinajstić information content (AvgIpc) is 2.34. The molecule has 1 aromatic carbocycles. The SMILES string of the molecule is COc1ccccc1OCC(=O)NNC(C)=O. The summed E-state index contributed by atoms with van der Waals surface area (Å²) in [6.07, 6.45) is 0. The minimum atomic E-state index is -0.453. The summed E-state index contributed by atoms with van der Waals surface area (Å²) in [6, 6.07) is 6.97. The van der Waals surface area contributed by atoms with Crippen LogP contribution in [0.3, 0.4) is 0 Å².